The zero-order valence-corrected chi connectivity index (χ0v) is 18.4. The molecule has 2 heterocycles. The van der Waals surface area contributed by atoms with E-state index in [1.807, 2.05) is 65.2 Å². The van der Waals surface area contributed by atoms with Gasteiger partial charge < -0.3 is 9.47 Å². The summed E-state index contributed by atoms with van der Waals surface area (Å²) < 4.78 is 14.7. The highest BCUT2D eigenvalue weighted by atomic mass is 16.5. The first-order valence-corrected chi connectivity index (χ1v) is 10.8. The molecule has 0 bridgehead atoms. The lowest BCUT2D eigenvalue weighted by molar-refractivity contribution is 0.0520. The van der Waals surface area contributed by atoms with Crippen molar-refractivity contribution in [3.05, 3.63) is 97.0 Å². The summed E-state index contributed by atoms with van der Waals surface area (Å²) in [6, 6.07) is 28.0. The Morgan fingerprint density at radius 2 is 1.67 bits per heavy atom. The van der Waals surface area contributed by atoms with E-state index in [9.17, 15) is 4.79 Å². The molecule has 0 radical (unpaired) electrons. The van der Waals surface area contributed by atoms with Crippen LogP contribution in [0.4, 0.5) is 0 Å². The third-order valence-electron chi connectivity index (χ3n) is 5.55. The largest absolute Gasteiger partial charge is 0.497 e. The van der Waals surface area contributed by atoms with Crippen LogP contribution in [-0.4, -0.2) is 33.8 Å². The summed E-state index contributed by atoms with van der Waals surface area (Å²) >= 11 is 0. The number of methoxy groups -OCH3 is 1. The molecule has 0 aliphatic heterocycles. The summed E-state index contributed by atoms with van der Waals surface area (Å²) in [5.74, 6) is 0.914. The zero-order valence-electron chi connectivity index (χ0n) is 18.4. The van der Waals surface area contributed by atoms with Crippen molar-refractivity contribution in [1.29, 1.82) is 0 Å². The number of aromatic nitrogens is 3. The second kappa shape index (κ2) is 8.67. The quantitative estimate of drug-likeness (QED) is 0.321. The third-order valence-corrected chi connectivity index (χ3v) is 5.55. The van der Waals surface area contributed by atoms with Crippen molar-refractivity contribution in [1.82, 2.24) is 14.1 Å². The molecule has 0 N–H and O–H groups in total. The van der Waals surface area contributed by atoms with Gasteiger partial charge >= 0.3 is 5.97 Å². The van der Waals surface area contributed by atoms with E-state index >= 15 is 0 Å². The Morgan fingerprint density at radius 3 is 2.39 bits per heavy atom. The number of benzene rings is 3. The molecule has 5 rings (SSSR count). The fraction of sp³-hybridized carbons (Fsp3) is 0.111. The van der Waals surface area contributed by atoms with Crippen molar-refractivity contribution in [3.8, 4) is 28.5 Å². The lowest BCUT2D eigenvalue weighted by Gasteiger charge is -2.16. The highest BCUT2D eigenvalue weighted by Gasteiger charge is 2.25. The van der Waals surface area contributed by atoms with Gasteiger partial charge in [0.1, 0.15) is 12.1 Å². The molecular weight excluding hydrogens is 414 g/mol. The van der Waals surface area contributed by atoms with Crippen LogP contribution in [0.1, 0.15) is 17.4 Å². The van der Waals surface area contributed by atoms with E-state index in [4.69, 9.17) is 9.47 Å². The van der Waals surface area contributed by atoms with E-state index < -0.39 is 5.97 Å². The molecule has 0 saturated heterocycles. The Hall–Kier alpha value is -4.32. The highest BCUT2D eigenvalue weighted by Crippen LogP contribution is 2.34. The van der Waals surface area contributed by atoms with E-state index in [0.29, 0.717) is 5.82 Å². The molecule has 5 aromatic rings. The number of carbonyl (C=O) groups is 1. The fourth-order valence-corrected chi connectivity index (χ4v) is 4.04. The van der Waals surface area contributed by atoms with Crippen LogP contribution >= 0.6 is 0 Å². The fourth-order valence-electron chi connectivity index (χ4n) is 4.04. The summed E-state index contributed by atoms with van der Waals surface area (Å²) in [5, 5.41) is 1.06. The second-order valence-electron chi connectivity index (χ2n) is 7.50. The van der Waals surface area contributed by atoms with Crippen LogP contribution in [0.15, 0.2) is 91.3 Å². The van der Waals surface area contributed by atoms with E-state index in [-0.39, 0.29) is 12.3 Å². The van der Waals surface area contributed by atoms with Gasteiger partial charge in [0.05, 0.1) is 24.9 Å². The van der Waals surface area contributed by atoms with Gasteiger partial charge in [-0.1, -0.05) is 48.5 Å². The monoisotopic (exact) mass is 437 g/mol. The number of rotatable bonds is 6. The van der Waals surface area contributed by atoms with E-state index in [1.54, 1.807) is 20.4 Å². The topological polar surface area (TPSA) is 58.3 Å². The summed E-state index contributed by atoms with van der Waals surface area (Å²) in [5.41, 5.74) is 4.07. The third kappa shape index (κ3) is 3.65. The number of ether oxygens (including phenoxy) is 2. The molecule has 0 spiro atoms. The number of fused-ring (bicyclic) bond motifs is 1. The Labute approximate surface area is 191 Å². The van der Waals surface area contributed by atoms with Crippen LogP contribution < -0.4 is 4.74 Å². The van der Waals surface area contributed by atoms with Crippen LogP contribution in [0.2, 0.25) is 0 Å². The predicted octanol–water partition coefficient (Wildman–Crippen LogP) is 5.67. The number of nitrogens with zero attached hydrogens (tertiary/aromatic N) is 3. The summed E-state index contributed by atoms with van der Waals surface area (Å²) in [6.45, 7) is 2.06. The maximum absolute atomic E-state index is 13.0. The molecular formula is C27H23N3O3. The number of hydrogen-bond acceptors (Lipinski definition) is 4. The van der Waals surface area contributed by atoms with Crippen LogP contribution in [0.25, 0.3) is 33.7 Å². The van der Waals surface area contributed by atoms with Crippen LogP contribution in [0, 0.1) is 0 Å². The molecule has 0 unspecified atom stereocenters. The number of imidazole rings is 1. The van der Waals surface area contributed by atoms with Gasteiger partial charge in [-0.25, -0.2) is 9.78 Å². The van der Waals surface area contributed by atoms with Gasteiger partial charge in [-0.05, 0) is 48.9 Å². The Kier molecular flexibility index (Phi) is 5.40. The first kappa shape index (κ1) is 20.6. The summed E-state index contributed by atoms with van der Waals surface area (Å²) in [6.07, 6.45) is 1.66. The van der Waals surface area contributed by atoms with Crippen molar-refractivity contribution in [3.63, 3.8) is 0 Å². The maximum atomic E-state index is 13.0. The van der Waals surface area contributed by atoms with E-state index in [2.05, 4.69) is 33.8 Å². The standard InChI is InChI=1S/C27H23N3O3/c1-3-33-27(31)25-26(29(18-28-25)21-13-15-22(32-2)16-14-21)30-23-12-8-7-11-20(23)17-24(30)19-9-5-4-6-10-19/h4-18H,3H2,1-2H3. The van der Waals surface area contributed by atoms with Gasteiger partial charge in [-0.3, -0.25) is 9.13 Å². The smallest absolute Gasteiger partial charge is 0.360 e. The average molecular weight is 437 g/mol. The van der Waals surface area contributed by atoms with Crippen molar-refractivity contribution in [2.45, 2.75) is 6.92 Å². The van der Waals surface area contributed by atoms with Gasteiger partial charge in [0.25, 0.3) is 0 Å². The minimum absolute atomic E-state index is 0.256. The number of hydrogen-bond donors (Lipinski definition) is 0. The van der Waals surface area contributed by atoms with Gasteiger partial charge in [0, 0.05) is 11.1 Å². The lowest BCUT2D eigenvalue weighted by Crippen LogP contribution is -2.13. The van der Waals surface area contributed by atoms with Gasteiger partial charge in [0.2, 0.25) is 0 Å². The molecule has 0 aliphatic rings. The molecule has 0 atom stereocenters. The van der Waals surface area contributed by atoms with Gasteiger partial charge in [-0.2, -0.15) is 0 Å². The number of esters is 1. The molecule has 6 heteroatoms. The molecule has 0 fully saturated rings. The first-order chi connectivity index (χ1) is 16.2. The van der Waals surface area contributed by atoms with Crippen molar-refractivity contribution >= 4 is 16.9 Å². The highest BCUT2D eigenvalue weighted by molar-refractivity contribution is 5.95. The maximum Gasteiger partial charge on any atom is 0.360 e. The normalized spacial score (nSPS) is 11.0. The molecule has 0 aliphatic carbocycles. The Balaban J connectivity index is 1.83. The minimum Gasteiger partial charge on any atom is -0.497 e. The molecule has 164 valence electrons. The number of para-hydroxylation sites is 1. The lowest BCUT2D eigenvalue weighted by atomic mass is 10.1. The zero-order chi connectivity index (χ0) is 22.8. The van der Waals surface area contributed by atoms with Crippen LogP contribution in [-0.2, 0) is 4.74 Å². The SMILES string of the molecule is CCOC(=O)c1ncn(-c2ccc(OC)cc2)c1-n1c(-c2ccccc2)cc2ccccc21. The Morgan fingerprint density at radius 1 is 0.939 bits per heavy atom. The molecule has 33 heavy (non-hydrogen) atoms. The average Bonchev–Trinajstić information content (AvgIpc) is 3.46. The molecule has 2 aromatic heterocycles. The van der Waals surface area contributed by atoms with Crippen molar-refractivity contribution in [2.75, 3.05) is 13.7 Å². The van der Waals surface area contributed by atoms with Crippen molar-refractivity contribution in [2.24, 2.45) is 0 Å². The van der Waals surface area contributed by atoms with Crippen LogP contribution in [0.5, 0.6) is 5.75 Å². The minimum atomic E-state index is -0.462. The van der Waals surface area contributed by atoms with Gasteiger partial charge in [-0.15, -0.1) is 0 Å². The summed E-state index contributed by atoms with van der Waals surface area (Å²) in [4.78, 5) is 17.4. The van der Waals surface area contributed by atoms with Crippen LogP contribution in [0.3, 0.4) is 0 Å². The molecule has 0 saturated carbocycles. The van der Waals surface area contributed by atoms with Crippen molar-refractivity contribution < 1.29 is 14.3 Å². The van der Waals surface area contributed by atoms with Gasteiger partial charge in [0.15, 0.2) is 11.5 Å². The molecule has 3 aromatic carbocycles. The molecule has 0 amide bonds. The number of carbonyl (C=O) groups excluding carboxylic acids is 1. The summed E-state index contributed by atoms with van der Waals surface area (Å²) in [7, 11) is 1.63. The first-order valence-electron chi connectivity index (χ1n) is 10.8. The molecule has 6 nitrogen and oxygen atoms in total. The van der Waals surface area contributed by atoms with E-state index in [1.165, 1.54) is 0 Å². The predicted molar refractivity (Wildman–Crippen MR) is 128 cm³/mol. The Bertz CT molecular complexity index is 1420. The van der Waals surface area contributed by atoms with E-state index in [0.717, 1.165) is 33.6 Å². The second-order valence-corrected chi connectivity index (χ2v) is 7.50.